The molecule has 0 aliphatic heterocycles. The second kappa shape index (κ2) is 9.23. The molecule has 0 fully saturated rings. The van der Waals surface area contributed by atoms with Gasteiger partial charge in [-0.25, -0.2) is 4.79 Å². The summed E-state index contributed by atoms with van der Waals surface area (Å²) in [4.78, 5) is 12.6. The van der Waals surface area contributed by atoms with Crippen molar-refractivity contribution < 1.29 is 23.4 Å². The van der Waals surface area contributed by atoms with E-state index < -0.39 is 12.1 Å². The summed E-state index contributed by atoms with van der Waals surface area (Å²) in [6.45, 7) is 8.39. The first-order chi connectivity index (χ1) is 14.0. The largest absolute Gasteiger partial charge is 0.490 e. The van der Waals surface area contributed by atoms with E-state index in [-0.39, 0.29) is 5.89 Å². The fourth-order valence-corrected chi connectivity index (χ4v) is 2.67. The van der Waals surface area contributed by atoms with Crippen LogP contribution in [0.25, 0.3) is 11.5 Å². The summed E-state index contributed by atoms with van der Waals surface area (Å²) in [7, 11) is 0. The van der Waals surface area contributed by atoms with Gasteiger partial charge in [0.05, 0.1) is 18.8 Å². The van der Waals surface area contributed by atoms with Gasteiger partial charge < -0.3 is 18.6 Å². The van der Waals surface area contributed by atoms with Crippen LogP contribution in [0.15, 0.2) is 46.9 Å². The lowest BCUT2D eigenvalue weighted by Crippen LogP contribution is -2.10. The van der Waals surface area contributed by atoms with Gasteiger partial charge in [0.1, 0.15) is 0 Å². The van der Waals surface area contributed by atoms with E-state index in [9.17, 15) is 4.79 Å². The average Bonchev–Trinajstić information content (AvgIpc) is 3.20. The molecule has 0 radical (unpaired) electrons. The predicted octanol–water partition coefficient (Wildman–Crippen LogP) is 4.76. The number of rotatable bonds is 8. The number of esters is 1. The minimum atomic E-state index is -0.698. The van der Waals surface area contributed by atoms with E-state index in [1.54, 1.807) is 25.1 Å². The summed E-state index contributed by atoms with van der Waals surface area (Å²) in [5.41, 5.74) is 2.29. The second-order valence-corrected chi connectivity index (χ2v) is 6.39. The Balaban J connectivity index is 1.72. The van der Waals surface area contributed by atoms with Crippen LogP contribution in [-0.4, -0.2) is 29.4 Å². The maximum atomic E-state index is 12.6. The number of hydrogen-bond donors (Lipinski definition) is 0. The van der Waals surface area contributed by atoms with Crippen LogP contribution in [0.3, 0.4) is 0 Å². The lowest BCUT2D eigenvalue weighted by atomic mass is 10.1. The van der Waals surface area contributed by atoms with Gasteiger partial charge in [0, 0.05) is 5.56 Å². The molecular formula is C22H24N2O5. The minimum absolute atomic E-state index is 0.227. The SMILES string of the molecule is CCOc1ccc(C(=O)OC(C)c2nnc(-c3ccc(C)cc3)o2)cc1OCC. The van der Waals surface area contributed by atoms with Crippen LogP contribution in [0.1, 0.15) is 48.7 Å². The fourth-order valence-electron chi connectivity index (χ4n) is 2.67. The highest BCUT2D eigenvalue weighted by atomic mass is 16.6. The van der Waals surface area contributed by atoms with E-state index in [1.165, 1.54) is 0 Å². The van der Waals surface area contributed by atoms with Gasteiger partial charge in [-0.3, -0.25) is 0 Å². The molecule has 0 bridgehead atoms. The first-order valence-electron chi connectivity index (χ1n) is 9.52. The highest BCUT2D eigenvalue weighted by molar-refractivity contribution is 5.90. The smallest absolute Gasteiger partial charge is 0.339 e. The van der Waals surface area contributed by atoms with E-state index in [4.69, 9.17) is 18.6 Å². The summed E-state index contributed by atoms with van der Waals surface area (Å²) in [6.07, 6.45) is -0.698. The molecule has 0 aliphatic rings. The van der Waals surface area contributed by atoms with Gasteiger partial charge in [-0.1, -0.05) is 17.7 Å². The quantitative estimate of drug-likeness (QED) is 0.508. The lowest BCUT2D eigenvalue weighted by molar-refractivity contribution is 0.0279. The Morgan fingerprint density at radius 2 is 1.69 bits per heavy atom. The van der Waals surface area contributed by atoms with Gasteiger partial charge in [0.15, 0.2) is 17.6 Å². The number of aryl methyl sites for hydroxylation is 1. The van der Waals surface area contributed by atoms with Crippen molar-refractivity contribution in [2.75, 3.05) is 13.2 Å². The van der Waals surface area contributed by atoms with Crippen LogP contribution < -0.4 is 9.47 Å². The molecule has 152 valence electrons. The van der Waals surface area contributed by atoms with Crippen LogP contribution >= 0.6 is 0 Å². The van der Waals surface area contributed by atoms with Gasteiger partial charge in [-0.05, 0) is 58.0 Å². The molecule has 1 heterocycles. The summed E-state index contributed by atoms with van der Waals surface area (Å²) >= 11 is 0. The molecule has 3 aromatic rings. The van der Waals surface area contributed by atoms with E-state index in [0.717, 1.165) is 11.1 Å². The van der Waals surface area contributed by atoms with Crippen molar-refractivity contribution in [2.45, 2.75) is 33.8 Å². The number of carbonyl (C=O) groups excluding carboxylic acids is 1. The zero-order valence-corrected chi connectivity index (χ0v) is 17.0. The van der Waals surface area contributed by atoms with E-state index in [0.29, 0.717) is 36.2 Å². The molecule has 2 aromatic carbocycles. The Labute approximate surface area is 169 Å². The van der Waals surface area contributed by atoms with Gasteiger partial charge in [0.25, 0.3) is 5.89 Å². The van der Waals surface area contributed by atoms with E-state index in [1.807, 2.05) is 45.0 Å². The number of benzene rings is 2. The van der Waals surface area contributed by atoms with E-state index in [2.05, 4.69) is 10.2 Å². The zero-order valence-electron chi connectivity index (χ0n) is 17.0. The Kier molecular flexibility index (Phi) is 6.49. The highest BCUT2D eigenvalue weighted by Crippen LogP contribution is 2.30. The molecule has 1 aromatic heterocycles. The fraction of sp³-hybridized carbons (Fsp3) is 0.318. The van der Waals surface area contributed by atoms with Crippen LogP contribution in [0, 0.1) is 6.92 Å². The Bertz CT molecular complexity index is 966. The number of carbonyl (C=O) groups is 1. The van der Waals surface area contributed by atoms with Crippen LogP contribution in [0.4, 0.5) is 0 Å². The third-order valence-electron chi connectivity index (χ3n) is 4.15. The van der Waals surface area contributed by atoms with Gasteiger partial charge in [0.2, 0.25) is 5.89 Å². The molecular weight excluding hydrogens is 372 g/mol. The van der Waals surface area contributed by atoms with Gasteiger partial charge in [-0.15, -0.1) is 10.2 Å². The molecule has 1 unspecified atom stereocenters. The molecule has 0 N–H and O–H groups in total. The number of aromatic nitrogens is 2. The lowest BCUT2D eigenvalue weighted by Gasteiger charge is -2.13. The van der Waals surface area contributed by atoms with Crippen LogP contribution in [0.5, 0.6) is 11.5 Å². The molecule has 29 heavy (non-hydrogen) atoms. The second-order valence-electron chi connectivity index (χ2n) is 6.39. The van der Waals surface area contributed by atoms with Crippen molar-refractivity contribution in [3.05, 3.63) is 59.5 Å². The summed E-state index contributed by atoms with van der Waals surface area (Å²) in [5, 5.41) is 8.05. The molecule has 3 rings (SSSR count). The summed E-state index contributed by atoms with van der Waals surface area (Å²) in [5.74, 6) is 1.17. The normalized spacial score (nSPS) is 11.7. The first kappa shape index (κ1) is 20.4. The van der Waals surface area contributed by atoms with Crippen LogP contribution in [0.2, 0.25) is 0 Å². The molecule has 7 heteroatoms. The summed E-state index contributed by atoms with van der Waals surface area (Å²) < 4.78 is 22.2. The van der Waals surface area contributed by atoms with Crippen molar-refractivity contribution in [3.63, 3.8) is 0 Å². The Hall–Kier alpha value is -3.35. The third kappa shape index (κ3) is 4.93. The average molecular weight is 396 g/mol. The number of nitrogens with zero attached hydrogens (tertiary/aromatic N) is 2. The number of ether oxygens (including phenoxy) is 3. The maximum Gasteiger partial charge on any atom is 0.339 e. The molecule has 0 amide bonds. The molecule has 0 aliphatic carbocycles. The highest BCUT2D eigenvalue weighted by Gasteiger charge is 2.21. The monoisotopic (exact) mass is 396 g/mol. The van der Waals surface area contributed by atoms with Crippen LogP contribution in [-0.2, 0) is 4.74 Å². The minimum Gasteiger partial charge on any atom is -0.490 e. The molecule has 7 nitrogen and oxygen atoms in total. The topological polar surface area (TPSA) is 83.7 Å². The van der Waals surface area contributed by atoms with Crippen molar-refractivity contribution >= 4 is 5.97 Å². The molecule has 0 saturated heterocycles. The van der Waals surface area contributed by atoms with Gasteiger partial charge >= 0.3 is 5.97 Å². The standard InChI is InChI=1S/C22H24N2O5/c1-5-26-18-12-11-17(13-19(18)27-6-2)22(25)28-15(4)20-23-24-21(29-20)16-9-7-14(3)8-10-16/h7-13,15H,5-6H2,1-4H3. The molecule has 0 saturated carbocycles. The van der Waals surface area contributed by atoms with E-state index >= 15 is 0 Å². The maximum absolute atomic E-state index is 12.6. The van der Waals surface area contributed by atoms with Crippen molar-refractivity contribution in [1.29, 1.82) is 0 Å². The zero-order chi connectivity index (χ0) is 20.8. The number of hydrogen-bond acceptors (Lipinski definition) is 7. The van der Waals surface area contributed by atoms with Gasteiger partial charge in [-0.2, -0.15) is 0 Å². The first-order valence-corrected chi connectivity index (χ1v) is 9.52. The van der Waals surface area contributed by atoms with Crippen molar-refractivity contribution in [2.24, 2.45) is 0 Å². The third-order valence-corrected chi connectivity index (χ3v) is 4.15. The molecule has 1 atom stereocenters. The van der Waals surface area contributed by atoms with Crippen molar-refractivity contribution in [3.8, 4) is 23.0 Å². The Morgan fingerprint density at radius 3 is 2.38 bits per heavy atom. The Morgan fingerprint density at radius 1 is 1.00 bits per heavy atom. The predicted molar refractivity (Wildman–Crippen MR) is 107 cm³/mol. The molecule has 0 spiro atoms. The summed E-state index contributed by atoms with van der Waals surface area (Å²) in [6, 6.07) is 12.7. The van der Waals surface area contributed by atoms with Crippen molar-refractivity contribution in [1.82, 2.24) is 10.2 Å².